The molecule has 0 amide bonds. The number of piperidine rings is 1. The highest BCUT2D eigenvalue weighted by atomic mass is 15.1. The first-order valence-electron chi connectivity index (χ1n) is 8.10. The molecule has 1 aromatic heterocycles. The Balaban J connectivity index is 1.74. The van der Waals surface area contributed by atoms with Crippen molar-refractivity contribution < 1.29 is 0 Å². The van der Waals surface area contributed by atoms with Crippen LogP contribution in [0.3, 0.4) is 0 Å². The van der Waals surface area contributed by atoms with Crippen molar-refractivity contribution in [1.82, 2.24) is 14.8 Å². The molecule has 1 fully saturated rings. The zero-order valence-corrected chi connectivity index (χ0v) is 13.5. The van der Waals surface area contributed by atoms with Gasteiger partial charge in [-0.2, -0.15) is 0 Å². The fourth-order valence-corrected chi connectivity index (χ4v) is 3.71. The van der Waals surface area contributed by atoms with Gasteiger partial charge in [-0.05, 0) is 64.0 Å². The normalized spacial score (nSPS) is 17.7. The molecule has 1 aliphatic heterocycles. The molecule has 2 heterocycles. The van der Waals surface area contributed by atoms with E-state index in [2.05, 4.69) is 60.1 Å². The molecule has 2 aromatic rings. The van der Waals surface area contributed by atoms with Crippen LogP contribution in [0.1, 0.15) is 24.1 Å². The van der Waals surface area contributed by atoms with E-state index in [1.807, 2.05) is 0 Å². The SMILES string of the molecule is CNCC1CCN(Cc2c(C)c3ccccc3n2C)CC1. The summed E-state index contributed by atoms with van der Waals surface area (Å²) in [6.07, 6.45) is 2.65. The topological polar surface area (TPSA) is 20.2 Å². The Kier molecular flexibility index (Phi) is 4.32. The molecule has 0 unspecified atom stereocenters. The average molecular weight is 285 g/mol. The van der Waals surface area contributed by atoms with Gasteiger partial charge in [0.25, 0.3) is 0 Å². The number of fused-ring (bicyclic) bond motifs is 1. The van der Waals surface area contributed by atoms with E-state index >= 15 is 0 Å². The second kappa shape index (κ2) is 6.20. The summed E-state index contributed by atoms with van der Waals surface area (Å²) in [4.78, 5) is 2.62. The zero-order chi connectivity index (χ0) is 14.8. The lowest BCUT2D eigenvalue weighted by Crippen LogP contribution is -2.36. The summed E-state index contributed by atoms with van der Waals surface area (Å²) >= 11 is 0. The second-order valence-electron chi connectivity index (χ2n) is 6.43. The molecule has 3 heteroatoms. The minimum Gasteiger partial charge on any atom is -0.346 e. The lowest BCUT2D eigenvalue weighted by molar-refractivity contribution is 0.173. The number of nitrogens with zero attached hydrogens (tertiary/aromatic N) is 2. The molecule has 0 saturated carbocycles. The molecule has 114 valence electrons. The van der Waals surface area contributed by atoms with Gasteiger partial charge in [-0.1, -0.05) is 18.2 Å². The molecule has 0 bridgehead atoms. The number of aryl methyl sites for hydroxylation is 2. The van der Waals surface area contributed by atoms with Crippen LogP contribution in [0.5, 0.6) is 0 Å². The molecule has 3 nitrogen and oxygen atoms in total. The number of hydrogen-bond acceptors (Lipinski definition) is 2. The number of aromatic nitrogens is 1. The zero-order valence-electron chi connectivity index (χ0n) is 13.5. The van der Waals surface area contributed by atoms with Crippen LogP contribution in [0.25, 0.3) is 10.9 Å². The summed E-state index contributed by atoms with van der Waals surface area (Å²) in [5.41, 5.74) is 4.28. The molecule has 1 N–H and O–H groups in total. The highest BCUT2D eigenvalue weighted by Crippen LogP contribution is 2.26. The Morgan fingerprint density at radius 2 is 1.90 bits per heavy atom. The van der Waals surface area contributed by atoms with Crippen LogP contribution >= 0.6 is 0 Å². The molecular formula is C18H27N3. The number of benzene rings is 1. The molecular weight excluding hydrogens is 258 g/mol. The van der Waals surface area contributed by atoms with Crippen molar-refractivity contribution in [1.29, 1.82) is 0 Å². The molecule has 0 atom stereocenters. The number of hydrogen-bond donors (Lipinski definition) is 1. The van der Waals surface area contributed by atoms with Gasteiger partial charge in [-0.15, -0.1) is 0 Å². The Hall–Kier alpha value is -1.32. The molecule has 1 aromatic carbocycles. The van der Waals surface area contributed by atoms with Crippen LogP contribution in [-0.2, 0) is 13.6 Å². The van der Waals surface area contributed by atoms with Crippen LogP contribution in [0, 0.1) is 12.8 Å². The molecule has 0 radical (unpaired) electrons. The summed E-state index contributed by atoms with van der Waals surface area (Å²) in [5.74, 6) is 0.861. The predicted molar refractivity (Wildman–Crippen MR) is 89.6 cm³/mol. The van der Waals surface area contributed by atoms with E-state index in [1.54, 1.807) is 0 Å². The van der Waals surface area contributed by atoms with Crippen LogP contribution in [-0.4, -0.2) is 36.1 Å². The number of para-hydroxylation sites is 1. The summed E-state index contributed by atoms with van der Waals surface area (Å²) < 4.78 is 2.38. The third kappa shape index (κ3) is 2.85. The number of rotatable bonds is 4. The number of likely N-dealkylation sites (tertiary alicyclic amines) is 1. The van der Waals surface area contributed by atoms with E-state index in [0.29, 0.717) is 0 Å². The summed E-state index contributed by atoms with van der Waals surface area (Å²) in [6, 6.07) is 8.75. The van der Waals surface area contributed by atoms with Crippen LogP contribution in [0.15, 0.2) is 24.3 Å². The van der Waals surface area contributed by atoms with Crippen molar-refractivity contribution in [3.63, 3.8) is 0 Å². The van der Waals surface area contributed by atoms with E-state index in [1.165, 1.54) is 54.6 Å². The van der Waals surface area contributed by atoms with E-state index in [-0.39, 0.29) is 0 Å². The van der Waals surface area contributed by atoms with Crippen molar-refractivity contribution >= 4 is 10.9 Å². The van der Waals surface area contributed by atoms with Gasteiger partial charge in [0.2, 0.25) is 0 Å². The summed E-state index contributed by atoms with van der Waals surface area (Å²) in [7, 11) is 4.27. The van der Waals surface area contributed by atoms with Crippen LogP contribution in [0.4, 0.5) is 0 Å². The predicted octanol–water partition coefficient (Wildman–Crippen LogP) is 2.92. The molecule has 1 aliphatic rings. The van der Waals surface area contributed by atoms with Gasteiger partial charge in [-0.3, -0.25) is 4.90 Å². The molecule has 21 heavy (non-hydrogen) atoms. The first-order chi connectivity index (χ1) is 10.2. The lowest BCUT2D eigenvalue weighted by atomic mass is 9.96. The minimum atomic E-state index is 0.861. The third-order valence-electron chi connectivity index (χ3n) is 5.08. The molecule has 0 spiro atoms. The highest BCUT2D eigenvalue weighted by molar-refractivity contribution is 5.85. The smallest absolute Gasteiger partial charge is 0.0483 e. The third-order valence-corrected chi connectivity index (χ3v) is 5.08. The standard InChI is InChI=1S/C18H27N3/c1-14-16-6-4-5-7-17(16)20(3)18(14)13-21-10-8-15(9-11-21)12-19-2/h4-7,15,19H,8-13H2,1-3H3. The van der Waals surface area contributed by atoms with Crippen LogP contribution < -0.4 is 5.32 Å². The van der Waals surface area contributed by atoms with Gasteiger partial charge in [0.1, 0.15) is 0 Å². The van der Waals surface area contributed by atoms with Gasteiger partial charge >= 0.3 is 0 Å². The quantitative estimate of drug-likeness (QED) is 0.932. The Morgan fingerprint density at radius 3 is 2.57 bits per heavy atom. The Morgan fingerprint density at radius 1 is 1.19 bits per heavy atom. The van der Waals surface area contributed by atoms with E-state index < -0.39 is 0 Å². The minimum absolute atomic E-state index is 0.861. The summed E-state index contributed by atoms with van der Waals surface area (Å²) in [5, 5.41) is 4.72. The molecule has 3 rings (SSSR count). The number of nitrogens with one attached hydrogen (secondary N) is 1. The monoisotopic (exact) mass is 285 g/mol. The van der Waals surface area contributed by atoms with Gasteiger partial charge in [0.15, 0.2) is 0 Å². The average Bonchev–Trinajstić information content (AvgIpc) is 2.75. The summed E-state index contributed by atoms with van der Waals surface area (Å²) in [6.45, 7) is 6.98. The van der Waals surface area contributed by atoms with Crippen LogP contribution in [0.2, 0.25) is 0 Å². The maximum absolute atomic E-state index is 3.32. The largest absolute Gasteiger partial charge is 0.346 e. The fraction of sp³-hybridized carbons (Fsp3) is 0.556. The van der Waals surface area contributed by atoms with Gasteiger partial charge in [-0.25, -0.2) is 0 Å². The second-order valence-corrected chi connectivity index (χ2v) is 6.43. The van der Waals surface area contributed by atoms with Crippen molar-refractivity contribution in [2.24, 2.45) is 13.0 Å². The van der Waals surface area contributed by atoms with Gasteiger partial charge in [0, 0.05) is 30.2 Å². The first-order valence-corrected chi connectivity index (χ1v) is 8.10. The first kappa shape index (κ1) is 14.6. The molecule has 1 saturated heterocycles. The maximum atomic E-state index is 3.32. The van der Waals surface area contributed by atoms with E-state index in [4.69, 9.17) is 0 Å². The Labute approximate surface area is 127 Å². The van der Waals surface area contributed by atoms with E-state index in [0.717, 1.165) is 12.5 Å². The van der Waals surface area contributed by atoms with E-state index in [9.17, 15) is 0 Å². The lowest BCUT2D eigenvalue weighted by Gasteiger charge is -2.32. The van der Waals surface area contributed by atoms with Crippen molar-refractivity contribution in [3.8, 4) is 0 Å². The van der Waals surface area contributed by atoms with Crippen molar-refractivity contribution in [2.45, 2.75) is 26.3 Å². The van der Waals surface area contributed by atoms with Gasteiger partial charge < -0.3 is 9.88 Å². The van der Waals surface area contributed by atoms with Crippen molar-refractivity contribution in [3.05, 3.63) is 35.5 Å². The van der Waals surface area contributed by atoms with Gasteiger partial charge in [0.05, 0.1) is 0 Å². The maximum Gasteiger partial charge on any atom is 0.0483 e. The Bertz CT molecular complexity index is 567. The van der Waals surface area contributed by atoms with Crippen molar-refractivity contribution in [2.75, 3.05) is 26.7 Å². The molecule has 0 aliphatic carbocycles. The highest BCUT2D eigenvalue weighted by Gasteiger charge is 2.21. The fourth-order valence-electron chi connectivity index (χ4n) is 3.71.